The summed E-state index contributed by atoms with van der Waals surface area (Å²) in [6, 6.07) is 8.64. The quantitative estimate of drug-likeness (QED) is 0.910. The maximum atomic E-state index is 12.9. The van der Waals surface area contributed by atoms with E-state index in [9.17, 15) is 9.59 Å². The van der Waals surface area contributed by atoms with Gasteiger partial charge in [-0.3, -0.25) is 14.5 Å². The van der Waals surface area contributed by atoms with Gasteiger partial charge in [-0.1, -0.05) is 18.6 Å². The lowest BCUT2D eigenvalue weighted by Crippen LogP contribution is -2.58. The largest absolute Gasteiger partial charge is 0.366 e. The van der Waals surface area contributed by atoms with E-state index in [0.717, 1.165) is 37.7 Å². The van der Waals surface area contributed by atoms with Gasteiger partial charge in [0.05, 0.1) is 0 Å². The molecule has 134 valence electrons. The Hall–Kier alpha value is -1.88. The molecule has 0 unspecified atom stereocenters. The Kier molecular flexibility index (Phi) is 4.28. The van der Waals surface area contributed by atoms with E-state index in [4.69, 9.17) is 5.73 Å². The summed E-state index contributed by atoms with van der Waals surface area (Å²) in [4.78, 5) is 28.9. The van der Waals surface area contributed by atoms with Gasteiger partial charge < -0.3 is 10.6 Å². The summed E-state index contributed by atoms with van der Waals surface area (Å²) in [6.07, 6.45) is 4.88. The lowest BCUT2D eigenvalue weighted by molar-refractivity contribution is -0.136. The highest BCUT2D eigenvalue weighted by molar-refractivity contribution is 5.93. The molecule has 3 fully saturated rings. The maximum Gasteiger partial charge on any atom is 0.248 e. The molecule has 1 aromatic rings. The molecule has 0 radical (unpaired) electrons. The van der Waals surface area contributed by atoms with Crippen LogP contribution in [0.3, 0.4) is 0 Å². The summed E-state index contributed by atoms with van der Waals surface area (Å²) >= 11 is 0. The summed E-state index contributed by atoms with van der Waals surface area (Å²) in [5.74, 6) is 0.193. The van der Waals surface area contributed by atoms with Crippen molar-refractivity contribution in [3.8, 4) is 0 Å². The molecule has 0 aromatic heterocycles. The molecule has 2 saturated carbocycles. The summed E-state index contributed by atoms with van der Waals surface area (Å²) in [6.45, 7) is 4.95. The van der Waals surface area contributed by atoms with Gasteiger partial charge in [0.25, 0.3) is 0 Å². The van der Waals surface area contributed by atoms with Crippen molar-refractivity contribution in [2.75, 3.05) is 19.6 Å². The molecule has 3 aliphatic rings. The molecule has 4 rings (SSSR count). The van der Waals surface area contributed by atoms with Crippen molar-refractivity contribution in [3.05, 3.63) is 35.4 Å². The minimum absolute atomic E-state index is 0.0746. The van der Waals surface area contributed by atoms with Crippen LogP contribution in [-0.2, 0) is 4.79 Å². The first-order chi connectivity index (χ1) is 12.0. The van der Waals surface area contributed by atoms with Crippen molar-refractivity contribution < 1.29 is 9.59 Å². The van der Waals surface area contributed by atoms with E-state index in [2.05, 4.69) is 16.7 Å². The number of carbonyl (C=O) groups is 2. The number of primary amides is 1. The Morgan fingerprint density at radius 1 is 1.20 bits per heavy atom. The van der Waals surface area contributed by atoms with Gasteiger partial charge in [0.15, 0.2) is 0 Å². The van der Waals surface area contributed by atoms with E-state index in [0.29, 0.717) is 11.6 Å². The first-order valence-corrected chi connectivity index (χ1v) is 9.49. The Labute approximate surface area is 149 Å². The molecule has 0 spiro atoms. The molecule has 2 amide bonds. The normalized spacial score (nSPS) is 30.0. The number of amides is 2. The van der Waals surface area contributed by atoms with Crippen LogP contribution in [0.5, 0.6) is 0 Å². The Bertz CT molecular complexity index is 685. The zero-order valence-corrected chi connectivity index (χ0v) is 14.9. The summed E-state index contributed by atoms with van der Waals surface area (Å²) in [7, 11) is 0. The van der Waals surface area contributed by atoms with Gasteiger partial charge in [-0.25, -0.2) is 0 Å². The van der Waals surface area contributed by atoms with Gasteiger partial charge in [0.2, 0.25) is 11.8 Å². The van der Waals surface area contributed by atoms with Crippen LogP contribution in [0.15, 0.2) is 24.3 Å². The third kappa shape index (κ3) is 3.17. The second-order valence-electron chi connectivity index (χ2n) is 7.89. The van der Waals surface area contributed by atoms with Gasteiger partial charge in [-0.2, -0.15) is 0 Å². The lowest BCUT2D eigenvalue weighted by atomic mass is 9.89. The average Bonchev–Trinajstić information content (AvgIpc) is 3.35. The third-order valence-electron chi connectivity index (χ3n) is 6.24. The average molecular weight is 341 g/mol. The van der Waals surface area contributed by atoms with Crippen molar-refractivity contribution in [2.24, 2.45) is 11.7 Å². The number of piperazine rings is 1. The number of nitrogens with two attached hydrogens (primary N) is 1. The van der Waals surface area contributed by atoms with Crippen LogP contribution in [-0.4, -0.2) is 53.3 Å². The van der Waals surface area contributed by atoms with Gasteiger partial charge in [-0.15, -0.1) is 0 Å². The topological polar surface area (TPSA) is 66.6 Å². The number of rotatable bonds is 4. The van der Waals surface area contributed by atoms with Crippen LogP contribution in [0.4, 0.5) is 0 Å². The van der Waals surface area contributed by atoms with Crippen molar-refractivity contribution in [3.63, 3.8) is 0 Å². The molecular formula is C20H27N3O2. The Morgan fingerprint density at radius 2 is 2.00 bits per heavy atom. The number of hydrogen-bond donors (Lipinski definition) is 1. The van der Waals surface area contributed by atoms with E-state index < -0.39 is 5.91 Å². The van der Waals surface area contributed by atoms with Gasteiger partial charge in [0.1, 0.15) is 0 Å². The highest BCUT2D eigenvalue weighted by atomic mass is 16.2. The Morgan fingerprint density at radius 3 is 2.64 bits per heavy atom. The van der Waals surface area contributed by atoms with Crippen molar-refractivity contribution in [2.45, 2.75) is 50.6 Å². The molecule has 1 heterocycles. The van der Waals surface area contributed by atoms with Crippen LogP contribution in [0, 0.1) is 5.92 Å². The molecular weight excluding hydrogens is 314 g/mol. The van der Waals surface area contributed by atoms with Crippen LogP contribution in [0.1, 0.15) is 54.4 Å². The van der Waals surface area contributed by atoms with Gasteiger partial charge >= 0.3 is 0 Å². The molecule has 5 heteroatoms. The standard InChI is InChI=1S/C20H27N3O2/c1-13-12-22(8-9-23(13)16-6-3-7-16)20(25)18-11-17(18)14-4-2-5-15(10-14)19(21)24/h2,4-5,10,13,16-18H,3,6-9,11-12H2,1H3,(H2,21,24)/t13-,17-,18+/m0/s1. The number of benzene rings is 1. The second-order valence-corrected chi connectivity index (χ2v) is 7.89. The zero-order valence-electron chi connectivity index (χ0n) is 14.9. The highest BCUT2D eigenvalue weighted by Gasteiger charge is 2.47. The SMILES string of the molecule is C[C@H]1CN(C(=O)[C@@H]2C[C@H]2c2cccc(C(N)=O)c2)CCN1C1CCC1. The first-order valence-electron chi connectivity index (χ1n) is 9.49. The van der Waals surface area contributed by atoms with Gasteiger partial charge in [0, 0.05) is 43.2 Å². The van der Waals surface area contributed by atoms with Crippen molar-refractivity contribution >= 4 is 11.8 Å². The smallest absolute Gasteiger partial charge is 0.248 e. The van der Waals surface area contributed by atoms with E-state index in [-0.39, 0.29) is 17.7 Å². The lowest BCUT2D eigenvalue weighted by Gasteiger charge is -2.47. The second kappa shape index (κ2) is 6.45. The minimum Gasteiger partial charge on any atom is -0.366 e. The molecule has 1 aliphatic heterocycles. The molecule has 0 bridgehead atoms. The first kappa shape index (κ1) is 16.6. The third-order valence-corrected chi connectivity index (χ3v) is 6.24. The van der Waals surface area contributed by atoms with E-state index >= 15 is 0 Å². The van der Waals surface area contributed by atoms with E-state index in [1.165, 1.54) is 19.3 Å². The van der Waals surface area contributed by atoms with Gasteiger partial charge in [-0.05, 0) is 49.8 Å². The molecule has 5 nitrogen and oxygen atoms in total. The molecule has 2 N–H and O–H groups in total. The van der Waals surface area contributed by atoms with Crippen LogP contribution in [0.2, 0.25) is 0 Å². The number of carbonyl (C=O) groups excluding carboxylic acids is 2. The van der Waals surface area contributed by atoms with Crippen LogP contribution < -0.4 is 5.73 Å². The van der Waals surface area contributed by atoms with Crippen LogP contribution >= 0.6 is 0 Å². The molecule has 3 atom stereocenters. The van der Waals surface area contributed by atoms with E-state index in [1.807, 2.05) is 18.2 Å². The minimum atomic E-state index is -0.411. The molecule has 2 aliphatic carbocycles. The molecule has 1 saturated heterocycles. The van der Waals surface area contributed by atoms with Crippen molar-refractivity contribution in [1.29, 1.82) is 0 Å². The highest BCUT2D eigenvalue weighted by Crippen LogP contribution is 2.48. The predicted octanol–water partition coefficient (Wildman–Crippen LogP) is 1.97. The zero-order chi connectivity index (χ0) is 17.6. The fourth-order valence-corrected chi connectivity index (χ4v) is 4.43. The van der Waals surface area contributed by atoms with E-state index in [1.54, 1.807) is 6.07 Å². The molecule has 1 aromatic carbocycles. The monoisotopic (exact) mass is 341 g/mol. The molecule has 25 heavy (non-hydrogen) atoms. The fraction of sp³-hybridized carbons (Fsp3) is 0.600. The predicted molar refractivity (Wildman–Crippen MR) is 96.2 cm³/mol. The summed E-state index contributed by atoms with van der Waals surface area (Å²) < 4.78 is 0. The maximum absolute atomic E-state index is 12.9. The fourth-order valence-electron chi connectivity index (χ4n) is 4.43. The number of nitrogens with zero attached hydrogens (tertiary/aromatic N) is 2. The summed E-state index contributed by atoms with van der Waals surface area (Å²) in [5, 5.41) is 0. The Balaban J connectivity index is 1.37. The van der Waals surface area contributed by atoms with Crippen LogP contribution in [0.25, 0.3) is 0 Å². The number of hydrogen-bond acceptors (Lipinski definition) is 3. The summed E-state index contributed by atoms with van der Waals surface area (Å²) in [5.41, 5.74) is 6.96. The van der Waals surface area contributed by atoms with Crippen molar-refractivity contribution in [1.82, 2.24) is 9.80 Å².